The SMILES string of the molecule is O=c1[nH]c(C2CC3CCCCC3N2)no1. The molecule has 2 N–H and O–H groups in total. The zero-order valence-corrected chi connectivity index (χ0v) is 8.53. The molecule has 2 aliphatic rings. The third-order valence-electron chi connectivity index (χ3n) is 3.65. The minimum atomic E-state index is -0.457. The summed E-state index contributed by atoms with van der Waals surface area (Å²) in [5, 5.41) is 7.28. The summed E-state index contributed by atoms with van der Waals surface area (Å²) in [6.07, 6.45) is 6.29. The molecule has 82 valence electrons. The maximum Gasteiger partial charge on any atom is 0.438 e. The Morgan fingerprint density at radius 3 is 2.93 bits per heavy atom. The molecule has 5 heteroatoms. The van der Waals surface area contributed by atoms with Crippen LogP contribution in [0.5, 0.6) is 0 Å². The molecule has 0 bridgehead atoms. The van der Waals surface area contributed by atoms with Gasteiger partial charge in [-0.1, -0.05) is 18.0 Å². The molecule has 2 heterocycles. The van der Waals surface area contributed by atoms with Crippen LogP contribution in [0.1, 0.15) is 44.0 Å². The van der Waals surface area contributed by atoms with Crippen LogP contribution in [-0.2, 0) is 0 Å². The Morgan fingerprint density at radius 2 is 2.20 bits per heavy atom. The van der Waals surface area contributed by atoms with E-state index >= 15 is 0 Å². The van der Waals surface area contributed by atoms with Crippen LogP contribution < -0.4 is 11.1 Å². The molecular weight excluding hydrogens is 194 g/mol. The molecule has 2 fully saturated rings. The van der Waals surface area contributed by atoms with Gasteiger partial charge in [-0.15, -0.1) is 0 Å². The van der Waals surface area contributed by atoms with Crippen molar-refractivity contribution in [3.05, 3.63) is 16.4 Å². The van der Waals surface area contributed by atoms with E-state index in [0.717, 1.165) is 12.3 Å². The Balaban J connectivity index is 1.77. The summed E-state index contributed by atoms with van der Waals surface area (Å²) in [6, 6.07) is 0.800. The highest BCUT2D eigenvalue weighted by atomic mass is 16.5. The summed E-state index contributed by atoms with van der Waals surface area (Å²) in [4.78, 5) is 13.5. The van der Waals surface area contributed by atoms with E-state index in [1.807, 2.05) is 0 Å². The van der Waals surface area contributed by atoms with Crippen molar-refractivity contribution in [1.29, 1.82) is 0 Å². The van der Waals surface area contributed by atoms with Gasteiger partial charge >= 0.3 is 5.76 Å². The van der Waals surface area contributed by atoms with E-state index in [1.165, 1.54) is 25.7 Å². The van der Waals surface area contributed by atoms with E-state index in [-0.39, 0.29) is 6.04 Å². The van der Waals surface area contributed by atoms with Gasteiger partial charge in [0.2, 0.25) is 0 Å². The van der Waals surface area contributed by atoms with E-state index < -0.39 is 5.76 Å². The van der Waals surface area contributed by atoms with Crippen molar-refractivity contribution in [2.24, 2.45) is 5.92 Å². The Hall–Kier alpha value is -1.10. The molecule has 3 rings (SSSR count). The van der Waals surface area contributed by atoms with Crippen LogP contribution >= 0.6 is 0 Å². The zero-order chi connectivity index (χ0) is 10.3. The van der Waals surface area contributed by atoms with Crippen LogP contribution in [0.15, 0.2) is 9.32 Å². The van der Waals surface area contributed by atoms with Crippen LogP contribution in [0.3, 0.4) is 0 Å². The lowest BCUT2D eigenvalue weighted by atomic mass is 9.85. The molecular formula is C10H15N3O2. The number of fused-ring (bicyclic) bond motifs is 1. The fraction of sp³-hybridized carbons (Fsp3) is 0.800. The Bertz CT molecular complexity index is 383. The van der Waals surface area contributed by atoms with Gasteiger partial charge in [-0.05, 0) is 25.2 Å². The lowest BCUT2D eigenvalue weighted by Crippen LogP contribution is -2.30. The molecule has 5 nitrogen and oxygen atoms in total. The molecule has 3 unspecified atom stereocenters. The summed E-state index contributed by atoms with van der Waals surface area (Å²) < 4.78 is 4.53. The van der Waals surface area contributed by atoms with Gasteiger partial charge in [-0.25, -0.2) is 4.79 Å². The summed E-state index contributed by atoms with van der Waals surface area (Å²) >= 11 is 0. The van der Waals surface area contributed by atoms with Crippen LogP contribution in [0.25, 0.3) is 0 Å². The van der Waals surface area contributed by atoms with E-state index in [4.69, 9.17) is 0 Å². The maximum absolute atomic E-state index is 10.8. The second-order valence-corrected chi connectivity index (χ2v) is 4.59. The maximum atomic E-state index is 10.8. The molecule has 0 spiro atoms. The molecule has 0 amide bonds. The number of H-pyrrole nitrogens is 1. The Labute approximate surface area is 87.2 Å². The third-order valence-corrected chi connectivity index (χ3v) is 3.65. The predicted molar refractivity (Wildman–Crippen MR) is 53.4 cm³/mol. The first-order valence-corrected chi connectivity index (χ1v) is 5.65. The molecule has 1 aliphatic carbocycles. The van der Waals surface area contributed by atoms with E-state index in [2.05, 4.69) is 20.0 Å². The standard InChI is InChI=1S/C10H15N3O2/c14-10-12-9(13-15-10)8-5-6-3-1-2-4-7(6)11-8/h6-8,11H,1-5H2,(H,12,13,14). The Morgan fingerprint density at radius 1 is 1.33 bits per heavy atom. The second kappa shape index (κ2) is 3.48. The number of aromatic nitrogens is 2. The van der Waals surface area contributed by atoms with Gasteiger partial charge in [0.15, 0.2) is 5.82 Å². The average Bonchev–Trinajstić information content (AvgIpc) is 2.82. The quantitative estimate of drug-likeness (QED) is 0.722. The van der Waals surface area contributed by atoms with Crippen molar-refractivity contribution in [2.45, 2.75) is 44.2 Å². The molecule has 15 heavy (non-hydrogen) atoms. The predicted octanol–water partition coefficient (Wildman–Crippen LogP) is 0.956. The highest BCUT2D eigenvalue weighted by Crippen LogP contribution is 2.37. The van der Waals surface area contributed by atoms with E-state index in [0.29, 0.717) is 11.9 Å². The van der Waals surface area contributed by atoms with Gasteiger partial charge in [-0.3, -0.25) is 9.51 Å². The normalized spacial score (nSPS) is 35.3. The lowest BCUT2D eigenvalue weighted by molar-refractivity contribution is 0.325. The molecule has 3 atom stereocenters. The number of nitrogens with one attached hydrogen (secondary N) is 2. The van der Waals surface area contributed by atoms with Gasteiger partial charge in [0, 0.05) is 6.04 Å². The van der Waals surface area contributed by atoms with Crippen molar-refractivity contribution >= 4 is 0 Å². The second-order valence-electron chi connectivity index (χ2n) is 4.59. The summed E-state index contributed by atoms with van der Waals surface area (Å²) in [6.45, 7) is 0. The first-order chi connectivity index (χ1) is 7.33. The third kappa shape index (κ3) is 1.61. The highest BCUT2D eigenvalue weighted by Gasteiger charge is 2.37. The number of nitrogens with zero attached hydrogens (tertiary/aromatic N) is 1. The molecule has 1 aliphatic heterocycles. The molecule has 1 saturated carbocycles. The van der Waals surface area contributed by atoms with Gasteiger partial charge in [0.25, 0.3) is 0 Å². The van der Waals surface area contributed by atoms with Crippen LogP contribution in [-0.4, -0.2) is 16.2 Å². The van der Waals surface area contributed by atoms with Crippen molar-refractivity contribution in [3.8, 4) is 0 Å². The van der Waals surface area contributed by atoms with E-state index in [9.17, 15) is 4.79 Å². The fourth-order valence-electron chi connectivity index (χ4n) is 2.92. The number of rotatable bonds is 1. The van der Waals surface area contributed by atoms with Crippen LogP contribution in [0.2, 0.25) is 0 Å². The molecule has 1 saturated heterocycles. The number of hydrogen-bond acceptors (Lipinski definition) is 4. The van der Waals surface area contributed by atoms with Crippen molar-refractivity contribution < 1.29 is 4.52 Å². The van der Waals surface area contributed by atoms with Crippen LogP contribution in [0, 0.1) is 5.92 Å². The first kappa shape index (κ1) is 9.15. The summed E-state index contributed by atoms with van der Waals surface area (Å²) in [5.41, 5.74) is 0. The molecule has 1 aromatic rings. The molecule has 1 aromatic heterocycles. The fourth-order valence-corrected chi connectivity index (χ4v) is 2.92. The molecule has 0 radical (unpaired) electrons. The first-order valence-electron chi connectivity index (χ1n) is 5.65. The van der Waals surface area contributed by atoms with Gasteiger partial charge in [0.1, 0.15) is 0 Å². The highest BCUT2D eigenvalue weighted by molar-refractivity contribution is 5.01. The van der Waals surface area contributed by atoms with Gasteiger partial charge < -0.3 is 5.32 Å². The van der Waals surface area contributed by atoms with Crippen molar-refractivity contribution in [1.82, 2.24) is 15.5 Å². The topological polar surface area (TPSA) is 70.9 Å². The summed E-state index contributed by atoms with van der Waals surface area (Å²) in [7, 11) is 0. The number of hydrogen-bond donors (Lipinski definition) is 2. The minimum absolute atomic E-state index is 0.185. The zero-order valence-electron chi connectivity index (χ0n) is 8.53. The summed E-state index contributed by atoms with van der Waals surface area (Å²) in [5.74, 6) is 0.958. The Kier molecular flexibility index (Phi) is 2.12. The van der Waals surface area contributed by atoms with E-state index in [1.54, 1.807) is 0 Å². The average molecular weight is 209 g/mol. The van der Waals surface area contributed by atoms with Gasteiger partial charge in [0.05, 0.1) is 6.04 Å². The lowest BCUT2D eigenvalue weighted by Gasteiger charge is -2.24. The van der Waals surface area contributed by atoms with Crippen LogP contribution in [0.4, 0.5) is 0 Å². The molecule has 0 aromatic carbocycles. The number of aromatic amines is 1. The smallest absolute Gasteiger partial charge is 0.304 e. The monoisotopic (exact) mass is 209 g/mol. The minimum Gasteiger partial charge on any atom is -0.304 e. The van der Waals surface area contributed by atoms with Gasteiger partial charge in [-0.2, -0.15) is 0 Å². The largest absolute Gasteiger partial charge is 0.438 e. The van der Waals surface area contributed by atoms with Crippen molar-refractivity contribution in [3.63, 3.8) is 0 Å². The van der Waals surface area contributed by atoms with Crippen molar-refractivity contribution in [2.75, 3.05) is 0 Å².